The van der Waals surface area contributed by atoms with Crippen LogP contribution < -0.4 is 5.73 Å². The third-order valence-corrected chi connectivity index (χ3v) is 7.95. The molecule has 2 aliphatic rings. The van der Waals surface area contributed by atoms with E-state index in [-0.39, 0.29) is 17.0 Å². The highest BCUT2D eigenvalue weighted by Crippen LogP contribution is 2.60. The molecule has 10 atom stereocenters. The van der Waals surface area contributed by atoms with E-state index in [9.17, 15) is 44.4 Å². The van der Waals surface area contributed by atoms with E-state index in [0.717, 1.165) is 6.33 Å². The molecule has 2 aromatic rings. The van der Waals surface area contributed by atoms with Crippen LogP contribution in [-0.4, -0.2) is 111 Å². The number of hydrogen-bond donors (Lipinski definition) is 8. The monoisotopic (exact) mass is 559 g/mol. The number of imidazole rings is 1. The molecule has 2 unspecified atom stereocenters. The van der Waals surface area contributed by atoms with Crippen LogP contribution in [-0.2, 0) is 32.0 Å². The normalized spacial score (nSPS) is 36.2. The van der Waals surface area contributed by atoms with Gasteiger partial charge in [-0.15, -0.1) is 0 Å². The molecular formula is C15H23N5O14P2. The van der Waals surface area contributed by atoms with Gasteiger partial charge in [0.1, 0.15) is 48.5 Å². The van der Waals surface area contributed by atoms with Gasteiger partial charge in [-0.05, 0) is 0 Å². The lowest BCUT2D eigenvalue weighted by molar-refractivity contribution is -0.132. The van der Waals surface area contributed by atoms with Crippen LogP contribution in [0.2, 0.25) is 0 Å². The third kappa shape index (κ3) is 5.59. The number of aliphatic hydroxyl groups is 5. The molecular weight excluding hydrogens is 536 g/mol. The highest BCUT2D eigenvalue weighted by Gasteiger charge is 2.47. The molecule has 0 aliphatic carbocycles. The minimum atomic E-state index is -5.31. The van der Waals surface area contributed by atoms with Crippen molar-refractivity contribution in [1.29, 1.82) is 0 Å². The number of nitrogens with zero attached hydrogens (tertiary/aromatic N) is 4. The Kier molecular flexibility index (Phi) is 7.78. The van der Waals surface area contributed by atoms with Crippen molar-refractivity contribution in [2.75, 3.05) is 18.9 Å². The number of fused-ring (bicyclic) bond motifs is 1. The lowest BCUT2D eigenvalue weighted by Crippen LogP contribution is -2.34. The van der Waals surface area contributed by atoms with Crippen LogP contribution in [0.25, 0.3) is 11.2 Å². The molecule has 4 heterocycles. The molecule has 2 aliphatic heterocycles. The fourth-order valence-electron chi connectivity index (χ4n) is 3.53. The maximum Gasteiger partial charge on any atom is 0.481 e. The second-order valence-electron chi connectivity index (χ2n) is 7.79. The summed E-state index contributed by atoms with van der Waals surface area (Å²) in [6.07, 6.45) is -10.1. The van der Waals surface area contributed by atoms with E-state index in [1.54, 1.807) is 0 Å². The SMILES string of the molecule is Nc1ncnc2c1ncn2[C@@H]1O[C@H](COP(=O)(O)OP(=O)(O)OC[C@@H]2O[C@H](O)[C@H](O)[C@@H]2O)[C@@H](O)[C@H]1O. The summed E-state index contributed by atoms with van der Waals surface area (Å²) in [4.78, 5) is 31.3. The van der Waals surface area contributed by atoms with Crippen molar-refractivity contribution in [3.8, 4) is 0 Å². The van der Waals surface area contributed by atoms with Crippen LogP contribution in [0.5, 0.6) is 0 Å². The van der Waals surface area contributed by atoms with E-state index in [1.165, 1.54) is 10.9 Å². The van der Waals surface area contributed by atoms with Crippen LogP contribution in [0, 0.1) is 0 Å². The Morgan fingerprint density at radius 3 is 2.06 bits per heavy atom. The summed E-state index contributed by atoms with van der Waals surface area (Å²) in [5.74, 6) is 0.0575. The number of aromatic nitrogens is 4. The Balaban J connectivity index is 1.34. The molecule has 0 amide bonds. The van der Waals surface area contributed by atoms with Gasteiger partial charge in [0.2, 0.25) is 0 Å². The molecule has 0 aromatic carbocycles. The minimum Gasteiger partial charge on any atom is -0.387 e. The number of ether oxygens (including phenoxy) is 2. The van der Waals surface area contributed by atoms with Crippen molar-refractivity contribution in [2.45, 2.75) is 49.1 Å². The average molecular weight is 559 g/mol. The summed E-state index contributed by atoms with van der Waals surface area (Å²) < 4.78 is 48.8. The standard InChI is InChI=1S/C15H23N5O14P2/c16-12-7-13(18-3-17-12)20(4-19-7)14-10(23)8(21)5(32-14)1-30-35(26,27)34-36(28,29)31-2-6-9(22)11(24)15(25)33-6/h3-6,8-11,14-15,21-25H,1-2H2,(H,26,27)(H,28,29)(H2,16,17,18)/t5-,6+,8-,9-,10-,11-,14-,15+/m1/s1. The molecule has 2 saturated heterocycles. The smallest absolute Gasteiger partial charge is 0.387 e. The molecule has 0 bridgehead atoms. The third-order valence-electron chi connectivity index (χ3n) is 5.35. The fraction of sp³-hybridized carbons (Fsp3) is 0.667. The first-order valence-corrected chi connectivity index (χ1v) is 13.1. The van der Waals surface area contributed by atoms with Gasteiger partial charge < -0.3 is 50.5 Å². The van der Waals surface area contributed by atoms with Crippen molar-refractivity contribution >= 4 is 32.6 Å². The Bertz CT molecular complexity index is 1180. The predicted octanol–water partition coefficient (Wildman–Crippen LogP) is -3.28. The summed E-state index contributed by atoms with van der Waals surface area (Å²) in [7, 11) is -10.6. The van der Waals surface area contributed by atoms with Gasteiger partial charge in [-0.1, -0.05) is 0 Å². The average Bonchev–Trinajstić information content (AvgIpc) is 3.42. The first-order chi connectivity index (χ1) is 16.8. The zero-order valence-electron chi connectivity index (χ0n) is 17.9. The second kappa shape index (κ2) is 10.2. The summed E-state index contributed by atoms with van der Waals surface area (Å²) in [6.45, 7) is -1.79. The zero-order valence-corrected chi connectivity index (χ0v) is 19.7. The molecule has 19 nitrogen and oxygen atoms in total. The Hall–Kier alpha value is -1.67. The van der Waals surface area contributed by atoms with E-state index in [4.69, 9.17) is 15.2 Å². The first-order valence-electron chi connectivity index (χ1n) is 10.1. The van der Waals surface area contributed by atoms with Crippen LogP contribution >= 0.6 is 15.6 Å². The fourth-order valence-corrected chi connectivity index (χ4v) is 5.62. The topological polar surface area (TPSA) is 292 Å². The maximum absolute atomic E-state index is 12.2. The van der Waals surface area contributed by atoms with Crippen LogP contribution in [0.3, 0.4) is 0 Å². The summed E-state index contributed by atoms with van der Waals surface area (Å²) in [5, 5.41) is 49.0. The largest absolute Gasteiger partial charge is 0.481 e. The number of phosphoric ester groups is 2. The molecule has 0 saturated carbocycles. The summed E-state index contributed by atoms with van der Waals surface area (Å²) in [5.41, 5.74) is 6.09. The van der Waals surface area contributed by atoms with E-state index < -0.39 is 78.0 Å². The van der Waals surface area contributed by atoms with Gasteiger partial charge >= 0.3 is 15.6 Å². The lowest BCUT2D eigenvalue weighted by Gasteiger charge is -2.20. The number of hydrogen-bond acceptors (Lipinski definition) is 16. The van der Waals surface area contributed by atoms with E-state index in [0.29, 0.717) is 0 Å². The van der Waals surface area contributed by atoms with Crippen LogP contribution in [0.4, 0.5) is 5.82 Å². The van der Waals surface area contributed by atoms with Crippen molar-refractivity contribution in [3.05, 3.63) is 12.7 Å². The van der Waals surface area contributed by atoms with E-state index in [1.807, 2.05) is 0 Å². The Labute approximate surface area is 200 Å². The van der Waals surface area contributed by atoms with E-state index >= 15 is 0 Å². The molecule has 9 N–H and O–H groups in total. The number of anilines is 1. The van der Waals surface area contributed by atoms with Gasteiger partial charge in [0.15, 0.2) is 24.0 Å². The number of nitrogen functional groups attached to an aromatic ring is 1. The number of rotatable bonds is 9. The molecule has 2 aromatic heterocycles. The van der Waals surface area contributed by atoms with Gasteiger partial charge in [0.05, 0.1) is 19.5 Å². The van der Waals surface area contributed by atoms with Gasteiger partial charge in [-0.2, -0.15) is 4.31 Å². The maximum atomic E-state index is 12.2. The molecule has 36 heavy (non-hydrogen) atoms. The van der Waals surface area contributed by atoms with Crippen LogP contribution in [0.15, 0.2) is 12.7 Å². The first kappa shape index (κ1) is 27.4. The molecule has 0 radical (unpaired) electrons. The van der Waals surface area contributed by atoms with Gasteiger partial charge in [0.25, 0.3) is 0 Å². The molecule has 2 fully saturated rings. The highest BCUT2D eigenvalue weighted by molar-refractivity contribution is 7.61. The van der Waals surface area contributed by atoms with Crippen molar-refractivity contribution in [2.24, 2.45) is 0 Å². The van der Waals surface area contributed by atoms with Crippen molar-refractivity contribution in [3.63, 3.8) is 0 Å². The van der Waals surface area contributed by atoms with E-state index in [2.05, 4.69) is 28.3 Å². The summed E-state index contributed by atoms with van der Waals surface area (Å²) in [6, 6.07) is 0. The lowest BCUT2D eigenvalue weighted by atomic mass is 10.1. The van der Waals surface area contributed by atoms with Crippen molar-refractivity contribution in [1.82, 2.24) is 19.5 Å². The highest BCUT2D eigenvalue weighted by atomic mass is 31.3. The Morgan fingerprint density at radius 2 is 1.47 bits per heavy atom. The minimum absolute atomic E-state index is 0.0575. The molecule has 4 rings (SSSR count). The molecule has 202 valence electrons. The number of aliphatic hydroxyl groups excluding tert-OH is 5. The molecule has 0 spiro atoms. The summed E-state index contributed by atoms with van der Waals surface area (Å²) >= 11 is 0. The zero-order chi connectivity index (χ0) is 26.4. The van der Waals surface area contributed by atoms with Crippen LogP contribution in [0.1, 0.15) is 6.23 Å². The second-order valence-corrected chi connectivity index (χ2v) is 10.8. The number of nitrogens with two attached hydrogens (primary N) is 1. The molecule has 21 heteroatoms. The van der Waals surface area contributed by atoms with Crippen molar-refractivity contribution < 1.29 is 67.3 Å². The Morgan fingerprint density at radius 1 is 0.889 bits per heavy atom. The van der Waals surface area contributed by atoms with Gasteiger partial charge in [-0.3, -0.25) is 13.6 Å². The quantitative estimate of drug-likeness (QED) is 0.140. The predicted molar refractivity (Wildman–Crippen MR) is 111 cm³/mol. The van der Waals surface area contributed by atoms with Gasteiger partial charge in [0, 0.05) is 0 Å². The van der Waals surface area contributed by atoms with Gasteiger partial charge in [-0.25, -0.2) is 24.1 Å². The number of phosphoric acid groups is 2.